The van der Waals surface area contributed by atoms with Crippen LogP contribution in [0.5, 0.6) is 0 Å². The predicted molar refractivity (Wildman–Crippen MR) is 50.4 cm³/mol. The van der Waals surface area contributed by atoms with Crippen LogP contribution in [0.25, 0.3) is 0 Å². The van der Waals surface area contributed by atoms with Gasteiger partial charge in [-0.3, -0.25) is 0 Å². The molecule has 2 N–H and O–H groups in total. The summed E-state index contributed by atoms with van der Waals surface area (Å²) in [4.78, 5) is 0. The summed E-state index contributed by atoms with van der Waals surface area (Å²) in [6.07, 6.45) is 0.0649. The molecule has 1 aromatic heterocycles. The van der Waals surface area contributed by atoms with Crippen molar-refractivity contribution in [1.82, 2.24) is 10.2 Å². The van der Waals surface area contributed by atoms with Crippen LogP contribution in [-0.4, -0.2) is 30.0 Å². The Labute approximate surface area is 80.9 Å². The zero-order valence-corrected chi connectivity index (χ0v) is 8.50. The predicted octanol–water partition coefficient (Wildman–Crippen LogP) is 0.672. The fraction of sp³-hybridized carbons (Fsp3) is 0.714. The first-order valence-corrected chi connectivity index (χ1v) is 4.72. The fourth-order valence-corrected chi connectivity index (χ4v) is 1.35. The number of hydrogen-bond donors (Lipinski definition) is 1. The van der Waals surface area contributed by atoms with Gasteiger partial charge in [-0.25, -0.2) is 0 Å². The van der Waals surface area contributed by atoms with Crippen LogP contribution in [0.2, 0.25) is 0 Å². The minimum Gasteiger partial charge on any atom is -0.382 e. The Morgan fingerprint density at radius 3 is 2.85 bits per heavy atom. The highest BCUT2D eigenvalue weighted by Gasteiger charge is 2.05. The number of hydrogen-bond acceptors (Lipinski definition) is 6. The Morgan fingerprint density at radius 2 is 2.31 bits per heavy atom. The molecule has 74 valence electrons. The Bertz CT molecular complexity index is 254. The largest absolute Gasteiger partial charge is 0.382 e. The molecule has 0 aliphatic rings. The highest BCUT2D eigenvalue weighted by Crippen LogP contribution is 2.12. The Kier molecular flexibility index (Phi) is 4.07. The number of methoxy groups -OCH3 is 1. The summed E-state index contributed by atoms with van der Waals surface area (Å²) in [7, 11) is 1.64. The van der Waals surface area contributed by atoms with Crippen molar-refractivity contribution in [2.24, 2.45) is 0 Å². The summed E-state index contributed by atoms with van der Waals surface area (Å²) in [6.45, 7) is 2.96. The van der Waals surface area contributed by atoms with Crippen molar-refractivity contribution in [3.05, 3.63) is 5.01 Å². The quantitative estimate of drug-likeness (QED) is 0.761. The van der Waals surface area contributed by atoms with Crippen LogP contribution in [0.3, 0.4) is 0 Å². The first-order chi connectivity index (χ1) is 6.22. The number of ether oxygens (including phenoxy) is 2. The summed E-state index contributed by atoms with van der Waals surface area (Å²) in [5.41, 5.74) is 5.41. The molecule has 0 fully saturated rings. The fourth-order valence-electron chi connectivity index (χ4n) is 0.821. The molecule has 13 heavy (non-hydrogen) atoms. The van der Waals surface area contributed by atoms with E-state index in [2.05, 4.69) is 10.2 Å². The molecule has 0 aliphatic heterocycles. The minimum atomic E-state index is 0.0649. The molecule has 0 spiro atoms. The molecule has 1 unspecified atom stereocenters. The van der Waals surface area contributed by atoms with E-state index in [-0.39, 0.29) is 6.10 Å². The second-order valence-electron chi connectivity index (χ2n) is 2.61. The van der Waals surface area contributed by atoms with E-state index in [1.165, 1.54) is 11.3 Å². The molecule has 0 aromatic carbocycles. The number of nitrogens with two attached hydrogens (primary N) is 1. The third kappa shape index (κ3) is 3.67. The number of aromatic nitrogens is 2. The lowest BCUT2D eigenvalue weighted by Gasteiger charge is -2.09. The van der Waals surface area contributed by atoms with Crippen LogP contribution >= 0.6 is 11.3 Å². The molecule has 0 amide bonds. The highest BCUT2D eigenvalue weighted by atomic mass is 32.1. The molecule has 1 rings (SSSR count). The molecule has 1 aromatic rings. The normalized spacial score (nSPS) is 13.1. The molecule has 6 heteroatoms. The molecule has 1 heterocycles. The Hall–Kier alpha value is -0.720. The maximum Gasteiger partial charge on any atom is 0.203 e. The number of rotatable bonds is 5. The SMILES string of the molecule is COCC(C)OCc1nnc(N)s1. The second kappa shape index (κ2) is 5.11. The molecular weight excluding hydrogens is 190 g/mol. The first kappa shape index (κ1) is 10.4. The van der Waals surface area contributed by atoms with Gasteiger partial charge in [-0.1, -0.05) is 11.3 Å². The smallest absolute Gasteiger partial charge is 0.203 e. The van der Waals surface area contributed by atoms with Gasteiger partial charge >= 0.3 is 0 Å². The standard InChI is InChI=1S/C7H13N3O2S/c1-5(3-11-2)12-4-6-9-10-7(8)13-6/h5H,3-4H2,1-2H3,(H2,8,10). The van der Waals surface area contributed by atoms with Crippen LogP contribution in [-0.2, 0) is 16.1 Å². The van der Waals surface area contributed by atoms with Crippen molar-refractivity contribution in [3.63, 3.8) is 0 Å². The minimum absolute atomic E-state index is 0.0649. The molecule has 0 saturated heterocycles. The molecule has 1 atom stereocenters. The lowest BCUT2D eigenvalue weighted by molar-refractivity contribution is -0.000356. The topological polar surface area (TPSA) is 70.3 Å². The van der Waals surface area contributed by atoms with E-state index in [9.17, 15) is 0 Å². The third-order valence-electron chi connectivity index (χ3n) is 1.38. The number of nitrogen functional groups attached to an aromatic ring is 1. The Balaban J connectivity index is 2.26. The van der Waals surface area contributed by atoms with Gasteiger partial charge in [-0.15, -0.1) is 10.2 Å². The van der Waals surface area contributed by atoms with Gasteiger partial charge in [-0.05, 0) is 6.92 Å². The second-order valence-corrected chi connectivity index (χ2v) is 3.70. The summed E-state index contributed by atoms with van der Waals surface area (Å²) in [6, 6.07) is 0. The number of anilines is 1. The van der Waals surface area contributed by atoms with Crippen molar-refractivity contribution < 1.29 is 9.47 Å². The molecular formula is C7H13N3O2S. The zero-order valence-electron chi connectivity index (χ0n) is 7.69. The van der Waals surface area contributed by atoms with Gasteiger partial charge < -0.3 is 15.2 Å². The van der Waals surface area contributed by atoms with Gasteiger partial charge in [-0.2, -0.15) is 0 Å². The van der Waals surface area contributed by atoms with Gasteiger partial charge in [0.05, 0.1) is 12.7 Å². The first-order valence-electron chi connectivity index (χ1n) is 3.90. The molecule has 0 radical (unpaired) electrons. The van der Waals surface area contributed by atoms with E-state index in [0.29, 0.717) is 18.3 Å². The van der Waals surface area contributed by atoms with Crippen molar-refractivity contribution in [2.45, 2.75) is 19.6 Å². The maximum absolute atomic E-state index is 5.41. The summed E-state index contributed by atoms with van der Waals surface area (Å²) < 4.78 is 10.3. The molecule has 0 bridgehead atoms. The lowest BCUT2D eigenvalue weighted by atomic mass is 10.4. The lowest BCUT2D eigenvalue weighted by Crippen LogP contribution is -2.14. The van der Waals surface area contributed by atoms with Gasteiger partial charge in [0, 0.05) is 7.11 Å². The van der Waals surface area contributed by atoms with E-state index in [4.69, 9.17) is 15.2 Å². The van der Waals surface area contributed by atoms with E-state index in [0.717, 1.165) is 5.01 Å². The Morgan fingerprint density at radius 1 is 1.54 bits per heavy atom. The van der Waals surface area contributed by atoms with Crippen LogP contribution in [0.15, 0.2) is 0 Å². The van der Waals surface area contributed by atoms with E-state index < -0.39 is 0 Å². The monoisotopic (exact) mass is 203 g/mol. The van der Waals surface area contributed by atoms with Gasteiger partial charge in [0.2, 0.25) is 5.13 Å². The number of nitrogens with zero attached hydrogens (tertiary/aromatic N) is 2. The van der Waals surface area contributed by atoms with Crippen LogP contribution in [0.1, 0.15) is 11.9 Å². The van der Waals surface area contributed by atoms with E-state index in [1.807, 2.05) is 6.92 Å². The van der Waals surface area contributed by atoms with Crippen molar-refractivity contribution in [3.8, 4) is 0 Å². The summed E-state index contributed by atoms with van der Waals surface area (Å²) in [5, 5.41) is 8.76. The van der Waals surface area contributed by atoms with Gasteiger partial charge in [0.15, 0.2) is 0 Å². The summed E-state index contributed by atoms with van der Waals surface area (Å²) in [5.74, 6) is 0. The molecule has 5 nitrogen and oxygen atoms in total. The average Bonchev–Trinajstić information content (AvgIpc) is 2.49. The van der Waals surface area contributed by atoms with Crippen molar-refractivity contribution in [1.29, 1.82) is 0 Å². The average molecular weight is 203 g/mol. The van der Waals surface area contributed by atoms with E-state index in [1.54, 1.807) is 7.11 Å². The van der Waals surface area contributed by atoms with E-state index >= 15 is 0 Å². The van der Waals surface area contributed by atoms with Gasteiger partial charge in [0.1, 0.15) is 11.6 Å². The van der Waals surface area contributed by atoms with Crippen molar-refractivity contribution in [2.75, 3.05) is 19.5 Å². The molecule has 0 saturated carbocycles. The molecule has 0 aliphatic carbocycles. The van der Waals surface area contributed by atoms with Crippen LogP contribution in [0.4, 0.5) is 5.13 Å². The maximum atomic E-state index is 5.41. The van der Waals surface area contributed by atoms with Crippen LogP contribution in [0, 0.1) is 0 Å². The highest BCUT2D eigenvalue weighted by molar-refractivity contribution is 7.15. The third-order valence-corrected chi connectivity index (χ3v) is 2.10. The zero-order chi connectivity index (χ0) is 9.68. The van der Waals surface area contributed by atoms with Crippen molar-refractivity contribution >= 4 is 16.5 Å². The van der Waals surface area contributed by atoms with Gasteiger partial charge in [0.25, 0.3) is 0 Å². The van der Waals surface area contributed by atoms with Crippen LogP contribution < -0.4 is 5.73 Å². The summed E-state index contributed by atoms with van der Waals surface area (Å²) >= 11 is 1.34.